The van der Waals surface area contributed by atoms with Crippen LogP contribution in [0.1, 0.15) is 5.56 Å². The number of nitrogens with one attached hydrogen (secondary N) is 1. The molecule has 0 aliphatic heterocycles. The average molecular weight is 279 g/mol. The summed E-state index contributed by atoms with van der Waals surface area (Å²) in [7, 11) is 0. The number of benzene rings is 1. The summed E-state index contributed by atoms with van der Waals surface area (Å²) in [6.07, 6.45) is 1.63. The normalized spacial score (nSPS) is 10.1. The fraction of sp³-hybridized carbons (Fsp3) is 0.0909. The molecule has 0 amide bonds. The van der Waals surface area contributed by atoms with Gasteiger partial charge in [0.05, 0.1) is 0 Å². The first-order chi connectivity index (χ1) is 7.74. The van der Waals surface area contributed by atoms with E-state index in [9.17, 15) is 0 Å². The first-order valence-corrected chi connectivity index (χ1v) is 5.60. The van der Waals surface area contributed by atoms with Crippen molar-refractivity contribution in [2.24, 2.45) is 0 Å². The average Bonchev–Trinajstić information content (AvgIpc) is 2.27. The highest BCUT2D eigenvalue weighted by Crippen LogP contribution is 2.13. The molecule has 3 N–H and O–H groups in total. The minimum Gasteiger partial charge on any atom is -0.368 e. The largest absolute Gasteiger partial charge is 0.368 e. The third kappa shape index (κ3) is 2.93. The lowest BCUT2D eigenvalue weighted by molar-refractivity contribution is 1.09. The Morgan fingerprint density at radius 3 is 2.94 bits per heavy atom. The first kappa shape index (κ1) is 10.9. The van der Waals surface area contributed by atoms with Crippen molar-refractivity contribution in [3.8, 4) is 0 Å². The number of nitrogens with zero attached hydrogens (tertiary/aromatic N) is 2. The van der Waals surface area contributed by atoms with Crippen LogP contribution >= 0.6 is 15.9 Å². The van der Waals surface area contributed by atoms with Gasteiger partial charge in [-0.05, 0) is 23.8 Å². The summed E-state index contributed by atoms with van der Waals surface area (Å²) in [5, 5.41) is 3.18. The van der Waals surface area contributed by atoms with Gasteiger partial charge in [0.15, 0.2) is 0 Å². The summed E-state index contributed by atoms with van der Waals surface area (Å²) in [5.74, 6) is 1.01. The molecule has 0 saturated heterocycles. The molecule has 0 spiro atoms. The third-order valence-electron chi connectivity index (χ3n) is 2.04. The molecule has 1 heterocycles. The second-order valence-corrected chi connectivity index (χ2v) is 4.20. The first-order valence-electron chi connectivity index (χ1n) is 4.81. The summed E-state index contributed by atoms with van der Waals surface area (Å²) >= 11 is 3.43. The van der Waals surface area contributed by atoms with Crippen molar-refractivity contribution in [3.63, 3.8) is 0 Å². The smallest absolute Gasteiger partial charge is 0.221 e. The maximum Gasteiger partial charge on any atom is 0.221 e. The summed E-state index contributed by atoms with van der Waals surface area (Å²) in [5.41, 5.74) is 6.65. The van der Waals surface area contributed by atoms with E-state index >= 15 is 0 Å². The molecule has 0 atom stereocenters. The van der Waals surface area contributed by atoms with Crippen molar-refractivity contribution in [1.29, 1.82) is 0 Å². The molecule has 16 heavy (non-hydrogen) atoms. The SMILES string of the molecule is Nc1nccc(NCc2cccc(Br)c2)n1. The molecule has 82 valence electrons. The number of aromatic nitrogens is 2. The van der Waals surface area contributed by atoms with Crippen LogP contribution in [0.4, 0.5) is 11.8 Å². The predicted molar refractivity (Wildman–Crippen MR) is 67.9 cm³/mol. The highest BCUT2D eigenvalue weighted by Gasteiger charge is 1.97. The van der Waals surface area contributed by atoms with Crippen molar-refractivity contribution in [1.82, 2.24) is 9.97 Å². The molecule has 0 unspecified atom stereocenters. The maximum absolute atomic E-state index is 5.48. The molecular formula is C11H11BrN4. The Labute approximate surface area is 102 Å². The minimum absolute atomic E-state index is 0.277. The Bertz CT molecular complexity index is 441. The van der Waals surface area contributed by atoms with Crippen molar-refractivity contribution in [2.75, 3.05) is 11.1 Å². The van der Waals surface area contributed by atoms with Gasteiger partial charge in [-0.15, -0.1) is 0 Å². The lowest BCUT2D eigenvalue weighted by Crippen LogP contribution is -2.03. The van der Waals surface area contributed by atoms with E-state index in [0.29, 0.717) is 6.54 Å². The van der Waals surface area contributed by atoms with Gasteiger partial charge >= 0.3 is 0 Å². The molecule has 0 fully saturated rings. The number of nitrogen functional groups attached to an aromatic ring is 1. The Balaban J connectivity index is 2.02. The van der Waals surface area contributed by atoms with Gasteiger partial charge in [-0.2, -0.15) is 4.98 Å². The zero-order valence-electron chi connectivity index (χ0n) is 8.52. The molecule has 2 rings (SSSR count). The van der Waals surface area contributed by atoms with Crippen LogP contribution in [0, 0.1) is 0 Å². The third-order valence-corrected chi connectivity index (χ3v) is 2.53. The number of hydrogen-bond acceptors (Lipinski definition) is 4. The van der Waals surface area contributed by atoms with Gasteiger partial charge < -0.3 is 11.1 Å². The quantitative estimate of drug-likeness (QED) is 0.905. The molecule has 0 bridgehead atoms. The number of anilines is 2. The van der Waals surface area contributed by atoms with Crippen LogP contribution in [0.25, 0.3) is 0 Å². The van der Waals surface area contributed by atoms with Crippen LogP contribution in [-0.2, 0) is 6.54 Å². The summed E-state index contributed by atoms with van der Waals surface area (Å²) in [6.45, 7) is 0.704. The van der Waals surface area contributed by atoms with Crippen LogP contribution in [0.5, 0.6) is 0 Å². The second-order valence-electron chi connectivity index (χ2n) is 3.28. The van der Waals surface area contributed by atoms with Crippen molar-refractivity contribution >= 4 is 27.7 Å². The van der Waals surface area contributed by atoms with Crippen LogP contribution in [0.2, 0.25) is 0 Å². The van der Waals surface area contributed by atoms with Gasteiger partial charge in [-0.25, -0.2) is 4.98 Å². The Morgan fingerprint density at radius 2 is 2.19 bits per heavy atom. The van der Waals surface area contributed by atoms with E-state index in [1.54, 1.807) is 12.3 Å². The van der Waals surface area contributed by atoms with E-state index in [0.717, 1.165) is 10.3 Å². The maximum atomic E-state index is 5.48. The van der Waals surface area contributed by atoms with Gasteiger partial charge in [0.2, 0.25) is 5.95 Å². The Hall–Kier alpha value is -1.62. The van der Waals surface area contributed by atoms with E-state index in [4.69, 9.17) is 5.73 Å². The van der Waals surface area contributed by atoms with Gasteiger partial charge in [-0.1, -0.05) is 28.1 Å². The summed E-state index contributed by atoms with van der Waals surface area (Å²) in [6, 6.07) is 9.87. The van der Waals surface area contributed by atoms with Crippen molar-refractivity contribution < 1.29 is 0 Å². The second kappa shape index (κ2) is 4.94. The van der Waals surface area contributed by atoms with E-state index in [1.807, 2.05) is 18.2 Å². The number of nitrogens with two attached hydrogens (primary N) is 1. The molecule has 1 aromatic carbocycles. The van der Waals surface area contributed by atoms with Gasteiger partial charge in [-0.3, -0.25) is 0 Å². The van der Waals surface area contributed by atoms with E-state index in [1.165, 1.54) is 5.56 Å². The van der Waals surface area contributed by atoms with Gasteiger partial charge in [0.1, 0.15) is 5.82 Å². The fourth-order valence-corrected chi connectivity index (χ4v) is 1.76. The monoisotopic (exact) mass is 278 g/mol. The molecule has 5 heteroatoms. The zero-order chi connectivity index (χ0) is 11.4. The van der Waals surface area contributed by atoms with Crippen LogP contribution in [0.15, 0.2) is 41.0 Å². The van der Waals surface area contributed by atoms with E-state index in [-0.39, 0.29) is 5.95 Å². The lowest BCUT2D eigenvalue weighted by Gasteiger charge is -2.05. The molecule has 0 aliphatic carbocycles. The van der Waals surface area contributed by atoms with Crippen molar-refractivity contribution in [2.45, 2.75) is 6.54 Å². The van der Waals surface area contributed by atoms with Gasteiger partial charge in [0, 0.05) is 17.2 Å². The number of halogens is 1. The van der Waals surface area contributed by atoms with Crippen LogP contribution in [0.3, 0.4) is 0 Å². The van der Waals surface area contributed by atoms with E-state index < -0.39 is 0 Å². The molecule has 0 saturated carbocycles. The highest BCUT2D eigenvalue weighted by molar-refractivity contribution is 9.10. The van der Waals surface area contributed by atoms with E-state index in [2.05, 4.69) is 37.3 Å². The standard InChI is InChI=1S/C11H11BrN4/c12-9-3-1-2-8(6-9)7-15-10-4-5-14-11(13)16-10/h1-6H,7H2,(H3,13,14,15,16). The molecule has 0 radical (unpaired) electrons. The topological polar surface area (TPSA) is 63.8 Å². The molecular weight excluding hydrogens is 268 g/mol. The minimum atomic E-state index is 0.277. The molecule has 1 aromatic heterocycles. The van der Waals surface area contributed by atoms with Crippen LogP contribution < -0.4 is 11.1 Å². The highest BCUT2D eigenvalue weighted by atomic mass is 79.9. The molecule has 2 aromatic rings. The van der Waals surface area contributed by atoms with Crippen molar-refractivity contribution in [3.05, 3.63) is 46.6 Å². The van der Waals surface area contributed by atoms with Gasteiger partial charge in [0.25, 0.3) is 0 Å². The summed E-state index contributed by atoms with van der Waals surface area (Å²) in [4.78, 5) is 7.88. The Morgan fingerprint density at radius 1 is 1.31 bits per heavy atom. The number of rotatable bonds is 3. The zero-order valence-corrected chi connectivity index (χ0v) is 10.1. The number of hydrogen-bond donors (Lipinski definition) is 2. The lowest BCUT2D eigenvalue weighted by atomic mass is 10.2. The summed E-state index contributed by atoms with van der Waals surface area (Å²) < 4.78 is 1.06. The molecule has 4 nitrogen and oxygen atoms in total. The predicted octanol–water partition coefficient (Wildman–Crippen LogP) is 2.43. The van der Waals surface area contributed by atoms with Crippen LogP contribution in [-0.4, -0.2) is 9.97 Å². The Kier molecular flexibility index (Phi) is 3.36. The fourth-order valence-electron chi connectivity index (χ4n) is 1.31. The molecule has 0 aliphatic rings.